The van der Waals surface area contributed by atoms with Crippen LogP contribution in [0.15, 0.2) is 18.2 Å². The molecule has 1 fully saturated rings. The quantitative estimate of drug-likeness (QED) is 0.548. The summed E-state index contributed by atoms with van der Waals surface area (Å²) in [5.41, 5.74) is 4.32. The van der Waals surface area contributed by atoms with Crippen molar-refractivity contribution in [3.8, 4) is 0 Å². The number of ether oxygens (including phenoxy) is 1. The number of halogens is 2. The summed E-state index contributed by atoms with van der Waals surface area (Å²) < 4.78 is 32.4. The van der Waals surface area contributed by atoms with Crippen LogP contribution in [0.3, 0.4) is 0 Å². The molecule has 2 aromatic rings. The number of aryl methyl sites for hydroxylation is 1. The molecule has 0 spiro atoms. The lowest BCUT2D eigenvalue weighted by atomic mass is 9.75. The van der Waals surface area contributed by atoms with E-state index in [0.717, 1.165) is 49.8 Å². The van der Waals surface area contributed by atoms with Crippen molar-refractivity contribution < 1.29 is 28.2 Å². The summed E-state index contributed by atoms with van der Waals surface area (Å²) in [6.45, 7) is 0.664. The first-order chi connectivity index (χ1) is 17.3. The smallest absolute Gasteiger partial charge is 0.255 e. The molecule has 36 heavy (non-hydrogen) atoms. The van der Waals surface area contributed by atoms with Crippen molar-refractivity contribution in [2.45, 2.75) is 57.4 Å². The highest BCUT2D eigenvalue weighted by atomic mass is 19.3. The van der Waals surface area contributed by atoms with Crippen molar-refractivity contribution in [3.63, 3.8) is 0 Å². The van der Waals surface area contributed by atoms with Gasteiger partial charge in [-0.3, -0.25) is 9.59 Å². The van der Waals surface area contributed by atoms with Crippen LogP contribution in [0.25, 0.3) is 10.9 Å². The van der Waals surface area contributed by atoms with Crippen molar-refractivity contribution >= 4 is 22.7 Å². The molecule has 198 valence electrons. The van der Waals surface area contributed by atoms with Gasteiger partial charge < -0.3 is 24.6 Å². The van der Waals surface area contributed by atoms with E-state index >= 15 is 0 Å². The summed E-state index contributed by atoms with van der Waals surface area (Å²) in [6.07, 6.45) is 2.97. The average molecular weight is 506 g/mol. The highest BCUT2D eigenvalue weighted by Crippen LogP contribution is 2.39. The van der Waals surface area contributed by atoms with Crippen LogP contribution in [0.4, 0.5) is 8.78 Å². The topological polar surface area (TPSA) is 83.8 Å². The summed E-state index contributed by atoms with van der Waals surface area (Å²) in [6, 6.07) is 5.17. The van der Waals surface area contributed by atoms with Crippen molar-refractivity contribution in [2.24, 2.45) is 18.9 Å². The van der Waals surface area contributed by atoms with Gasteiger partial charge in [-0.15, -0.1) is 0 Å². The molecule has 2 heterocycles. The van der Waals surface area contributed by atoms with Gasteiger partial charge >= 0.3 is 0 Å². The zero-order valence-corrected chi connectivity index (χ0v) is 21.1. The van der Waals surface area contributed by atoms with Crippen LogP contribution < -0.4 is 5.32 Å². The molecule has 7 nitrogen and oxygen atoms in total. The minimum atomic E-state index is -2.61. The number of aliphatic hydroxyl groups is 1. The number of fused-ring (bicyclic) bond motifs is 3. The van der Waals surface area contributed by atoms with Crippen LogP contribution in [0, 0.1) is 11.8 Å². The van der Waals surface area contributed by atoms with E-state index in [-0.39, 0.29) is 25.4 Å². The average Bonchev–Trinajstić information content (AvgIpc) is 3.18. The van der Waals surface area contributed by atoms with E-state index in [9.17, 15) is 23.5 Å². The molecule has 1 aliphatic heterocycles. The number of likely N-dealkylation sites (N-methyl/N-ethyl adjacent to an activating group) is 1. The Morgan fingerprint density at radius 3 is 2.67 bits per heavy atom. The number of amides is 2. The Balaban J connectivity index is 1.49. The predicted octanol–water partition coefficient (Wildman–Crippen LogP) is 3.30. The largest absolute Gasteiger partial charge is 0.394 e. The Bertz CT molecular complexity index is 1080. The van der Waals surface area contributed by atoms with Gasteiger partial charge in [0.05, 0.1) is 19.2 Å². The van der Waals surface area contributed by atoms with Gasteiger partial charge in [-0.25, -0.2) is 8.78 Å². The first-order valence-electron chi connectivity index (χ1n) is 12.9. The van der Waals surface area contributed by atoms with Gasteiger partial charge in [-0.2, -0.15) is 0 Å². The van der Waals surface area contributed by atoms with E-state index in [1.807, 2.05) is 18.2 Å². The Kier molecular flexibility index (Phi) is 8.62. The van der Waals surface area contributed by atoms with Gasteiger partial charge in [0, 0.05) is 55.9 Å². The van der Waals surface area contributed by atoms with Crippen LogP contribution in [-0.4, -0.2) is 72.3 Å². The minimum absolute atomic E-state index is 0.0472. The summed E-state index contributed by atoms with van der Waals surface area (Å²) in [4.78, 5) is 26.6. The van der Waals surface area contributed by atoms with Crippen molar-refractivity contribution in [1.29, 1.82) is 0 Å². The molecule has 2 N–H and O–H groups in total. The molecule has 2 atom stereocenters. The zero-order valence-electron chi connectivity index (χ0n) is 21.1. The number of alkyl halides is 2. The third-order valence-electron chi connectivity index (χ3n) is 8.07. The number of aliphatic hydroxyl groups excluding tert-OH is 1. The van der Waals surface area contributed by atoms with Crippen LogP contribution in [0.2, 0.25) is 0 Å². The second kappa shape index (κ2) is 11.7. The van der Waals surface area contributed by atoms with E-state index < -0.39 is 24.9 Å². The van der Waals surface area contributed by atoms with Gasteiger partial charge in [0.15, 0.2) is 0 Å². The Hall–Kier alpha value is -2.52. The number of nitrogens with zero attached hydrogens (tertiary/aromatic N) is 2. The first-order valence-corrected chi connectivity index (χ1v) is 12.9. The molecule has 9 heteroatoms. The fraction of sp³-hybridized carbons (Fsp3) is 0.630. The molecule has 0 unspecified atom stereocenters. The van der Waals surface area contributed by atoms with Gasteiger partial charge in [-0.05, 0) is 74.1 Å². The van der Waals surface area contributed by atoms with Crippen molar-refractivity contribution in [2.75, 3.05) is 33.4 Å². The van der Waals surface area contributed by atoms with Gasteiger partial charge in [0.25, 0.3) is 12.3 Å². The number of nitrogens with one attached hydrogen (secondary N) is 1. The van der Waals surface area contributed by atoms with Crippen LogP contribution in [-0.2, 0) is 29.4 Å². The van der Waals surface area contributed by atoms with Crippen molar-refractivity contribution in [1.82, 2.24) is 14.8 Å². The normalized spacial score (nSPS) is 19.3. The number of aromatic nitrogens is 1. The molecular formula is C27H37F2N3O4. The van der Waals surface area contributed by atoms with Gasteiger partial charge in [0.2, 0.25) is 5.91 Å². The molecule has 1 saturated heterocycles. The zero-order chi connectivity index (χ0) is 25.8. The number of benzene rings is 1. The van der Waals surface area contributed by atoms with Crippen LogP contribution in [0.5, 0.6) is 0 Å². The number of carbonyl (C=O) groups excluding carboxylic acids is 2. The Morgan fingerprint density at radius 1 is 1.22 bits per heavy atom. The summed E-state index contributed by atoms with van der Waals surface area (Å²) in [7, 11) is 3.69. The van der Waals surface area contributed by atoms with Gasteiger partial charge in [0.1, 0.15) is 0 Å². The monoisotopic (exact) mass is 505 g/mol. The predicted molar refractivity (Wildman–Crippen MR) is 133 cm³/mol. The molecular weight excluding hydrogens is 468 g/mol. The fourth-order valence-electron chi connectivity index (χ4n) is 5.88. The minimum Gasteiger partial charge on any atom is -0.394 e. The highest BCUT2D eigenvalue weighted by molar-refractivity contribution is 5.99. The SMILES string of the molecule is CN(C(=O)c1ccc2c(c1)c1c(n2C)CC[C@H](C2CCOCC2)C1)[C@@H](CO)CCC(=O)NCC(F)F. The maximum atomic E-state index is 13.3. The maximum Gasteiger partial charge on any atom is 0.255 e. The second-order valence-corrected chi connectivity index (χ2v) is 10.2. The van der Waals surface area contributed by atoms with Crippen molar-refractivity contribution in [3.05, 3.63) is 35.0 Å². The summed E-state index contributed by atoms with van der Waals surface area (Å²) >= 11 is 0. The number of carbonyl (C=O) groups is 2. The van der Waals surface area contributed by atoms with Crippen LogP contribution >= 0.6 is 0 Å². The lowest BCUT2D eigenvalue weighted by Gasteiger charge is -2.33. The van der Waals surface area contributed by atoms with Crippen LogP contribution in [0.1, 0.15) is 53.7 Å². The fourth-order valence-corrected chi connectivity index (χ4v) is 5.88. The molecule has 1 aliphatic carbocycles. The third-order valence-corrected chi connectivity index (χ3v) is 8.07. The van der Waals surface area contributed by atoms with E-state index in [1.165, 1.54) is 22.6 Å². The lowest BCUT2D eigenvalue weighted by Crippen LogP contribution is -2.40. The summed E-state index contributed by atoms with van der Waals surface area (Å²) in [5.74, 6) is 0.551. The van der Waals surface area contributed by atoms with E-state index in [1.54, 1.807) is 7.05 Å². The standard InChI is InChI=1S/C27H37F2N3O4/c1-31(20(16-33)5-8-26(34)30-15-25(28)29)27(35)19-4-7-24-22(14-19)21-13-18(3-6-23(21)32(24)2)17-9-11-36-12-10-17/h4,7,14,17-18,20,25,33H,3,5-6,8-13,15-16H2,1-2H3,(H,30,34)/t18-,20+/m0/s1. The summed E-state index contributed by atoms with van der Waals surface area (Å²) in [5, 5.41) is 13.1. The molecule has 0 radical (unpaired) electrons. The third kappa shape index (κ3) is 5.72. The maximum absolute atomic E-state index is 13.3. The highest BCUT2D eigenvalue weighted by Gasteiger charge is 2.31. The molecule has 1 aromatic heterocycles. The van der Waals surface area contributed by atoms with E-state index in [2.05, 4.69) is 16.9 Å². The van der Waals surface area contributed by atoms with Gasteiger partial charge in [-0.1, -0.05) is 0 Å². The molecule has 2 amide bonds. The molecule has 0 bridgehead atoms. The first kappa shape index (κ1) is 26.5. The molecule has 4 rings (SSSR count). The second-order valence-electron chi connectivity index (χ2n) is 10.2. The Labute approximate surface area is 210 Å². The van der Waals surface area contributed by atoms with E-state index in [4.69, 9.17) is 4.74 Å². The number of hydrogen-bond donors (Lipinski definition) is 2. The molecule has 1 aromatic carbocycles. The number of hydrogen-bond acceptors (Lipinski definition) is 4. The molecule has 0 saturated carbocycles. The Morgan fingerprint density at radius 2 is 1.97 bits per heavy atom. The lowest BCUT2D eigenvalue weighted by molar-refractivity contribution is -0.122. The molecule has 2 aliphatic rings. The van der Waals surface area contributed by atoms with E-state index in [0.29, 0.717) is 17.4 Å². The number of rotatable bonds is 9.